The molecule has 0 bridgehead atoms. The van der Waals surface area contributed by atoms with E-state index in [1.807, 2.05) is 12.1 Å². The average Bonchev–Trinajstić information content (AvgIpc) is 2.77. The zero-order chi connectivity index (χ0) is 13.1. The third-order valence-electron chi connectivity index (χ3n) is 2.35. The van der Waals surface area contributed by atoms with E-state index in [2.05, 4.69) is 26.2 Å². The lowest BCUT2D eigenvalue weighted by Crippen LogP contribution is -2.09. The smallest absolute Gasteiger partial charge is 0.358 e. The summed E-state index contributed by atoms with van der Waals surface area (Å²) in [7, 11) is 0. The van der Waals surface area contributed by atoms with Gasteiger partial charge in [0.25, 0.3) is 0 Å². The molecule has 0 saturated heterocycles. The van der Waals surface area contributed by atoms with Crippen LogP contribution >= 0.6 is 15.9 Å². The molecule has 6 nitrogen and oxygen atoms in total. The first-order valence-electron chi connectivity index (χ1n) is 5.13. The van der Waals surface area contributed by atoms with Crippen molar-refractivity contribution in [1.29, 1.82) is 0 Å². The summed E-state index contributed by atoms with van der Waals surface area (Å²) in [5, 5.41) is 25.8. The summed E-state index contributed by atoms with van der Waals surface area (Å²) >= 11 is 3.32. The van der Waals surface area contributed by atoms with Gasteiger partial charge in [-0.1, -0.05) is 33.3 Å². The lowest BCUT2D eigenvalue weighted by Gasteiger charge is -2.10. The second-order valence-corrected chi connectivity index (χ2v) is 4.62. The SMILES string of the molecule is O=C(O)c1cn(CC(O)c2cccc(Br)c2)nn1. The van der Waals surface area contributed by atoms with Gasteiger partial charge in [0.05, 0.1) is 18.8 Å². The molecule has 2 rings (SSSR count). The third kappa shape index (κ3) is 2.93. The zero-order valence-corrected chi connectivity index (χ0v) is 10.8. The Balaban J connectivity index is 2.11. The van der Waals surface area contributed by atoms with Crippen LogP contribution < -0.4 is 0 Å². The molecule has 0 amide bonds. The van der Waals surface area contributed by atoms with Crippen LogP contribution in [0.3, 0.4) is 0 Å². The second kappa shape index (κ2) is 5.28. The second-order valence-electron chi connectivity index (χ2n) is 3.70. The molecular weight excluding hydrogens is 302 g/mol. The third-order valence-corrected chi connectivity index (χ3v) is 2.84. The van der Waals surface area contributed by atoms with Gasteiger partial charge in [-0.15, -0.1) is 5.10 Å². The summed E-state index contributed by atoms with van der Waals surface area (Å²) in [6.45, 7) is 0.150. The lowest BCUT2D eigenvalue weighted by atomic mass is 10.1. The standard InChI is InChI=1S/C11H10BrN3O3/c12-8-3-1-2-7(4-8)10(16)6-15-5-9(11(17)18)13-14-15/h1-5,10,16H,6H2,(H,17,18). The van der Waals surface area contributed by atoms with Crippen LogP contribution in [0.5, 0.6) is 0 Å². The molecule has 1 aromatic heterocycles. The van der Waals surface area contributed by atoms with Crippen molar-refractivity contribution < 1.29 is 15.0 Å². The van der Waals surface area contributed by atoms with Gasteiger partial charge >= 0.3 is 5.97 Å². The lowest BCUT2D eigenvalue weighted by molar-refractivity contribution is 0.0690. The van der Waals surface area contributed by atoms with Gasteiger partial charge < -0.3 is 10.2 Å². The molecule has 1 aromatic carbocycles. The minimum Gasteiger partial charge on any atom is -0.476 e. The number of aromatic nitrogens is 3. The molecule has 0 saturated carbocycles. The molecule has 1 atom stereocenters. The van der Waals surface area contributed by atoms with Crippen LogP contribution in [0.1, 0.15) is 22.2 Å². The molecule has 18 heavy (non-hydrogen) atoms. The summed E-state index contributed by atoms with van der Waals surface area (Å²) in [6, 6.07) is 7.24. The van der Waals surface area contributed by atoms with Crippen molar-refractivity contribution in [2.45, 2.75) is 12.6 Å². The number of carboxylic acid groups (broad SMARTS) is 1. The first-order valence-corrected chi connectivity index (χ1v) is 5.92. The maximum absolute atomic E-state index is 10.6. The van der Waals surface area contributed by atoms with Crippen molar-refractivity contribution in [3.05, 3.63) is 46.2 Å². The van der Waals surface area contributed by atoms with Gasteiger partial charge in [-0.25, -0.2) is 9.48 Å². The van der Waals surface area contributed by atoms with Gasteiger partial charge in [0, 0.05) is 4.47 Å². The van der Waals surface area contributed by atoms with Crippen molar-refractivity contribution in [3.63, 3.8) is 0 Å². The average molecular weight is 312 g/mol. The summed E-state index contributed by atoms with van der Waals surface area (Å²) < 4.78 is 2.17. The van der Waals surface area contributed by atoms with Crippen LogP contribution in [-0.4, -0.2) is 31.2 Å². The number of aromatic carboxylic acids is 1. The largest absolute Gasteiger partial charge is 0.476 e. The molecule has 0 fully saturated rings. The molecule has 1 heterocycles. The van der Waals surface area contributed by atoms with E-state index >= 15 is 0 Å². The number of hydrogen-bond donors (Lipinski definition) is 2. The number of aliphatic hydroxyl groups is 1. The summed E-state index contributed by atoms with van der Waals surface area (Å²) in [5.41, 5.74) is 0.577. The highest BCUT2D eigenvalue weighted by molar-refractivity contribution is 9.10. The Morgan fingerprint density at radius 1 is 1.50 bits per heavy atom. The van der Waals surface area contributed by atoms with Crippen molar-refractivity contribution in [1.82, 2.24) is 15.0 Å². The number of hydrogen-bond acceptors (Lipinski definition) is 4. The van der Waals surface area contributed by atoms with Crippen molar-refractivity contribution in [2.75, 3.05) is 0 Å². The number of carbonyl (C=O) groups is 1. The Morgan fingerprint density at radius 3 is 2.89 bits per heavy atom. The molecule has 94 valence electrons. The van der Waals surface area contributed by atoms with E-state index in [4.69, 9.17) is 5.11 Å². The number of aliphatic hydroxyl groups excluding tert-OH is 1. The van der Waals surface area contributed by atoms with Crippen LogP contribution in [0.25, 0.3) is 0 Å². The predicted octanol–water partition coefficient (Wildman–Crippen LogP) is 1.47. The molecule has 0 aliphatic rings. The number of carboxylic acids is 1. The molecule has 2 aromatic rings. The Kier molecular flexibility index (Phi) is 3.73. The van der Waals surface area contributed by atoms with E-state index < -0.39 is 12.1 Å². The maximum atomic E-state index is 10.6. The van der Waals surface area contributed by atoms with Crippen molar-refractivity contribution in [3.8, 4) is 0 Å². The molecule has 7 heteroatoms. The number of rotatable bonds is 4. The van der Waals surface area contributed by atoms with Crippen LogP contribution in [-0.2, 0) is 6.54 Å². The Labute approximate surface area is 111 Å². The zero-order valence-electron chi connectivity index (χ0n) is 9.19. The van der Waals surface area contributed by atoms with Gasteiger partial charge in [-0.3, -0.25) is 0 Å². The highest BCUT2D eigenvalue weighted by Gasteiger charge is 2.12. The molecule has 0 aliphatic heterocycles. The van der Waals surface area contributed by atoms with E-state index in [0.29, 0.717) is 0 Å². The number of nitrogens with zero attached hydrogens (tertiary/aromatic N) is 3. The fourth-order valence-electron chi connectivity index (χ4n) is 1.48. The quantitative estimate of drug-likeness (QED) is 0.892. The summed E-state index contributed by atoms with van der Waals surface area (Å²) in [5.74, 6) is -1.14. The van der Waals surface area contributed by atoms with Crippen molar-refractivity contribution >= 4 is 21.9 Å². The van der Waals surface area contributed by atoms with Crippen LogP contribution in [0, 0.1) is 0 Å². The summed E-state index contributed by atoms with van der Waals surface area (Å²) in [6.07, 6.45) is 0.509. The van der Waals surface area contributed by atoms with Gasteiger partial charge in [0.1, 0.15) is 0 Å². The Morgan fingerprint density at radius 2 is 2.28 bits per heavy atom. The Hall–Kier alpha value is -1.73. The van der Waals surface area contributed by atoms with Crippen molar-refractivity contribution in [2.24, 2.45) is 0 Å². The molecule has 0 spiro atoms. The van der Waals surface area contributed by atoms with E-state index in [0.717, 1.165) is 10.0 Å². The topological polar surface area (TPSA) is 88.2 Å². The summed E-state index contributed by atoms with van der Waals surface area (Å²) in [4.78, 5) is 10.6. The highest BCUT2D eigenvalue weighted by Crippen LogP contribution is 2.19. The van der Waals surface area contributed by atoms with Gasteiger partial charge in [-0.2, -0.15) is 0 Å². The molecule has 2 N–H and O–H groups in total. The van der Waals surface area contributed by atoms with Crippen LogP contribution in [0.2, 0.25) is 0 Å². The molecule has 0 radical (unpaired) electrons. The Bertz CT molecular complexity index is 570. The van der Waals surface area contributed by atoms with E-state index in [1.165, 1.54) is 10.9 Å². The number of halogens is 1. The van der Waals surface area contributed by atoms with Crippen LogP contribution in [0.4, 0.5) is 0 Å². The first kappa shape index (κ1) is 12.7. The van der Waals surface area contributed by atoms with E-state index in [9.17, 15) is 9.90 Å². The predicted molar refractivity (Wildman–Crippen MR) is 66.1 cm³/mol. The molecule has 1 unspecified atom stereocenters. The number of benzene rings is 1. The molecule has 0 aliphatic carbocycles. The van der Waals surface area contributed by atoms with Gasteiger partial charge in [0.2, 0.25) is 0 Å². The fraction of sp³-hybridized carbons (Fsp3) is 0.182. The normalized spacial score (nSPS) is 12.3. The maximum Gasteiger partial charge on any atom is 0.358 e. The van der Waals surface area contributed by atoms with Gasteiger partial charge in [0.15, 0.2) is 5.69 Å². The van der Waals surface area contributed by atoms with E-state index in [1.54, 1.807) is 12.1 Å². The monoisotopic (exact) mass is 311 g/mol. The van der Waals surface area contributed by atoms with E-state index in [-0.39, 0.29) is 12.2 Å². The highest BCUT2D eigenvalue weighted by atomic mass is 79.9. The van der Waals surface area contributed by atoms with Crippen LogP contribution in [0.15, 0.2) is 34.9 Å². The first-order chi connectivity index (χ1) is 8.56. The fourth-order valence-corrected chi connectivity index (χ4v) is 1.90. The minimum absolute atomic E-state index is 0.142. The molecular formula is C11H10BrN3O3. The minimum atomic E-state index is -1.14. The van der Waals surface area contributed by atoms with Gasteiger partial charge in [-0.05, 0) is 17.7 Å².